The van der Waals surface area contributed by atoms with Crippen LogP contribution in [-0.4, -0.2) is 63.8 Å². The third-order valence-corrected chi connectivity index (χ3v) is 1.87. The summed E-state index contributed by atoms with van der Waals surface area (Å²) in [5.41, 5.74) is 0. The van der Waals surface area contributed by atoms with Gasteiger partial charge in [-0.15, -0.1) is 0 Å². The lowest BCUT2D eigenvalue weighted by Crippen LogP contribution is -2.46. The Kier molecular flexibility index (Phi) is 8.01. The van der Waals surface area contributed by atoms with Crippen molar-refractivity contribution in [3.8, 4) is 0 Å². The van der Waals surface area contributed by atoms with Crippen LogP contribution in [0.3, 0.4) is 0 Å². The van der Waals surface area contributed by atoms with E-state index in [0.717, 1.165) is 6.21 Å². The van der Waals surface area contributed by atoms with E-state index in [4.69, 9.17) is 4.84 Å². The van der Waals surface area contributed by atoms with Gasteiger partial charge in [-0.25, -0.2) is 7.11 Å². The molecule has 7 nitrogen and oxygen atoms in total. The van der Waals surface area contributed by atoms with Gasteiger partial charge in [0.1, 0.15) is 30.5 Å². The van der Waals surface area contributed by atoms with E-state index in [9.17, 15) is 20.4 Å². The molecule has 102 valence electrons. The SMILES string of the molecule is [CH2-]OCC(O)C(O)C(O)C(O)/C=N\OC(C)C. The average molecular weight is 250 g/mol. The van der Waals surface area contributed by atoms with Gasteiger partial charge < -0.3 is 30.0 Å². The van der Waals surface area contributed by atoms with E-state index < -0.39 is 24.4 Å². The zero-order valence-corrected chi connectivity index (χ0v) is 9.93. The molecule has 0 amide bonds. The van der Waals surface area contributed by atoms with Crippen molar-refractivity contribution in [2.24, 2.45) is 5.16 Å². The van der Waals surface area contributed by atoms with Crippen LogP contribution in [0.25, 0.3) is 0 Å². The highest BCUT2D eigenvalue weighted by molar-refractivity contribution is 5.63. The molecule has 0 fully saturated rings. The Morgan fingerprint density at radius 1 is 1.18 bits per heavy atom. The molecule has 17 heavy (non-hydrogen) atoms. The molecule has 4 atom stereocenters. The second-order valence-electron chi connectivity index (χ2n) is 3.82. The molecule has 0 aromatic heterocycles. The fraction of sp³-hybridized carbons (Fsp3) is 0.800. The summed E-state index contributed by atoms with van der Waals surface area (Å²) in [5, 5.41) is 41.0. The molecule has 0 aliphatic carbocycles. The lowest BCUT2D eigenvalue weighted by molar-refractivity contribution is -0.102. The highest BCUT2D eigenvalue weighted by atomic mass is 16.6. The van der Waals surface area contributed by atoms with E-state index in [1.165, 1.54) is 0 Å². The lowest BCUT2D eigenvalue weighted by atomic mass is 10.0. The molecule has 0 aliphatic heterocycles. The molecule has 4 unspecified atom stereocenters. The first kappa shape index (κ1) is 16.3. The highest BCUT2D eigenvalue weighted by Gasteiger charge is 2.29. The summed E-state index contributed by atoms with van der Waals surface area (Å²) in [6.45, 7) is 3.22. The largest absolute Gasteiger partial charge is 0.553 e. The maximum Gasteiger partial charge on any atom is 0.122 e. The molecule has 0 radical (unpaired) electrons. The van der Waals surface area contributed by atoms with E-state index >= 15 is 0 Å². The summed E-state index contributed by atoms with van der Waals surface area (Å²) < 4.78 is 4.36. The number of hydrogen-bond donors (Lipinski definition) is 4. The molecule has 0 aromatic rings. The zero-order valence-electron chi connectivity index (χ0n) is 9.93. The molecule has 0 rings (SSSR count). The number of oxime groups is 1. The Morgan fingerprint density at radius 3 is 2.24 bits per heavy atom. The molecule has 0 aliphatic rings. The molecular formula is C10H20NO6-. The van der Waals surface area contributed by atoms with Crippen LogP contribution in [0.1, 0.15) is 13.8 Å². The molecule has 0 spiro atoms. The first-order chi connectivity index (χ1) is 7.90. The Hall–Kier alpha value is -0.730. The molecule has 4 N–H and O–H groups in total. The fourth-order valence-electron chi connectivity index (χ4n) is 0.956. The normalized spacial score (nSPS) is 19.3. The average Bonchev–Trinajstić information content (AvgIpc) is 2.26. The van der Waals surface area contributed by atoms with Gasteiger partial charge in [0, 0.05) is 6.61 Å². The van der Waals surface area contributed by atoms with Crippen molar-refractivity contribution in [3.63, 3.8) is 0 Å². The van der Waals surface area contributed by atoms with Crippen molar-refractivity contribution in [2.75, 3.05) is 6.61 Å². The minimum absolute atomic E-state index is 0.161. The van der Waals surface area contributed by atoms with Gasteiger partial charge in [-0.3, -0.25) is 0 Å². The van der Waals surface area contributed by atoms with Crippen LogP contribution in [0.4, 0.5) is 0 Å². The standard InChI is InChI=1S/C10H20NO6/c1-6(2)17-11-4-7(12)9(14)10(15)8(13)5-16-3/h4,6-10,12-15H,3,5H2,1-2H3/q-1/b11-4-. The summed E-state index contributed by atoms with van der Waals surface area (Å²) in [7, 11) is 3.02. The monoisotopic (exact) mass is 250 g/mol. The van der Waals surface area contributed by atoms with Crippen molar-refractivity contribution in [3.05, 3.63) is 7.11 Å². The minimum Gasteiger partial charge on any atom is -0.553 e. The number of aliphatic hydroxyl groups excluding tert-OH is 4. The predicted molar refractivity (Wildman–Crippen MR) is 60.0 cm³/mol. The highest BCUT2D eigenvalue weighted by Crippen LogP contribution is 2.05. The summed E-state index contributed by atoms with van der Waals surface area (Å²) in [5.74, 6) is 0. The number of ether oxygens (including phenoxy) is 1. The van der Waals surface area contributed by atoms with Gasteiger partial charge in [0.25, 0.3) is 0 Å². The van der Waals surface area contributed by atoms with Gasteiger partial charge in [0.05, 0.1) is 6.21 Å². The van der Waals surface area contributed by atoms with Gasteiger partial charge in [-0.1, -0.05) is 5.16 Å². The predicted octanol–water partition coefficient (Wildman–Crippen LogP) is -1.35. The Balaban J connectivity index is 4.18. The Labute approximate surface area is 100 Å². The first-order valence-corrected chi connectivity index (χ1v) is 5.18. The minimum atomic E-state index is -1.60. The summed E-state index contributed by atoms with van der Waals surface area (Å²) in [6, 6.07) is 0. The number of nitrogens with zero attached hydrogens (tertiary/aromatic N) is 1. The van der Waals surface area contributed by atoms with Crippen molar-refractivity contribution in [2.45, 2.75) is 44.4 Å². The third kappa shape index (κ3) is 6.54. The fourth-order valence-corrected chi connectivity index (χ4v) is 0.956. The van der Waals surface area contributed by atoms with Gasteiger partial charge in [-0.05, 0) is 13.8 Å². The van der Waals surface area contributed by atoms with Crippen LogP contribution in [-0.2, 0) is 9.57 Å². The van der Waals surface area contributed by atoms with E-state index in [0.29, 0.717) is 0 Å². The zero-order chi connectivity index (χ0) is 13.4. The lowest BCUT2D eigenvalue weighted by Gasteiger charge is -2.25. The van der Waals surface area contributed by atoms with Crippen LogP contribution in [0, 0.1) is 7.11 Å². The van der Waals surface area contributed by atoms with Crippen LogP contribution in [0.2, 0.25) is 0 Å². The summed E-state index contributed by atoms with van der Waals surface area (Å²) in [6.07, 6.45) is -5.20. The number of aliphatic hydroxyl groups is 4. The number of hydrogen-bond acceptors (Lipinski definition) is 7. The molecular weight excluding hydrogens is 230 g/mol. The quantitative estimate of drug-likeness (QED) is 0.241. The third-order valence-electron chi connectivity index (χ3n) is 1.87. The van der Waals surface area contributed by atoms with Gasteiger partial charge in [0.15, 0.2) is 0 Å². The topological polar surface area (TPSA) is 112 Å². The maximum absolute atomic E-state index is 9.47. The number of rotatable bonds is 8. The van der Waals surface area contributed by atoms with E-state index in [1.807, 2.05) is 0 Å². The smallest absolute Gasteiger partial charge is 0.122 e. The Morgan fingerprint density at radius 2 is 1.76 bits per heavy atom. The Bertz CT molecular complexity index is 223. The van der Waals surface area contributed by atoms with Crippen LogP contribution in [0.15, 0.2) is 5.16 Å². The first-order valence-electron chi connectivity index (χ1n) is 5.18. The second-order valence-corrected chi connectivity index (χ2v) is 3.82. The van der Waals surface area contributed by atoms with E-state index in [1.54, 1.807) is 13.8 Å². The van der Waals surface area contributed by atoms with Crippen molar-refractivity contribution >= 4 is 6.21 Å². The van der Waals surface area contributed by atoms with Crippen LogP contribution in [0.5, 0.6) is 0 Å². The van der Waals surface area contributed by atoms with Gasteiger partial charge >= 0.3 is 0 Å². The summed E-state index contributed by atoms with van der Waals surface area (Å²) >= 11 is 0. The molecule has 7 heteroatoms. The molecule has 0 bridgehead atoms. The van der Waals surface area contributed by atoms with Gasteiger partial charge in [-0.2, -0.15) is 0 Å². The van der Waals surface area contributed by atoms with Crippen molar-refractivity contribution in [1.82, 2.24) is 0 Å². The molecule has 0 aromatic carbocycles. The van der Waals surface area contributed by atoms with E-state index in [2.05, 4.69) is 17.0 Å². The second kappa shape index (κ2) is 8.37. The van der Waals surface area contributed by atoms with Gasteiger partial charge in [0.2, 0.25) is 0 Å². The van der Waals surface area contributed by atoms with E-state index in [-0.39, 0.29) is 12.7 Å². The molecule has 0 saturated heterocycles. The molecule has 0 saturated carbocycles. The molecule has 0 heterocycles. The van der Waals surface area contributed by atoms with Crippen molar-refractivity contribution < 1.29 is 30.0 Å². The van der Waals surface area contributed by atoms with Crippen molar-refractivity contribution in [1.29, 1.82) is 0 Å². The maximum atomic E-state index is 9.47. The summed E-state index contributed by atoms with van der Waals surface area (Å²) in [4.78, 5) is 4.77. The van der Waals surface area contributed by atoms with Crippen LogP contribution < -0.4 is 0 Å². The van der Waals surface area contributed by atoms with Crippen LogP contribution >= 0.6 is 0 Å².